The molecule has 0 amide bonds. The Morgan fingerprint density at radius 1 is 1.20 bits per heavy atom. The standard InChI is InChI=1S/C13H18N2/c14-10-13(11-6-2-1-3-7-11)15-12-8-4-5-9-12/h1-7,12-13,15H,8-10,14H2. The Labute approximate surface area is 91.2 Å². The molecule has 2 heteroatoms. The summed E-state index contributed by atoms with van der Waals surface area (Å²) in [6.07, 6.45) is 6.72. The van der Waals surface area contributed by atoms with Crippen LogP contribution < -0.4 is 11.1 Å². The van der Waals surface area contributed by atoms with Gasteiger partial charge >= 0.3 is 0 Å². The first-order valence-electron chi connectivity index (χ1n) is 5.56. The second kappa shape index (κ2) is 5.10. The van der Waals surface area contributed by atoms with Crippen molar-refractivity contribution in [1.29, 1.82) is 0 Å². The van der Waals surface area contributed by atoms with Crippen molar-refractivity contribution in [3.05, 3.63) is 48.0 Å². The van der Waals surface area contributed by atoms with Gasteiger partial charge in [-0.25, -0.2) is 0 Å². The Morgan fingerprint density at radius 3 is 2.47 bits per heavy atom. The minimum atomic E-state index is 0.288. The molecule has 1 aromatic carbocycles. The van der Waals surface area contributed by atoms with Gasteiger partial charge in [0, 0.05) is 18.6 Å². The van der Waals surface area contributed by atoms with Crippen molar-refractivity contribution < 1.29 is 0 Å². The zero-order valence-electron chi connectivity index (χ0n) is 8.89. The van der Waals surface area contributed by atoms with Crippen molar-refractivity contribution in [3.8, 4) is 0 Å². The molecule has 1 aliphatic rings. The third kappa shape index (κ3) is 2.67. The number of hydrogen-bond donors (Lipinski definition) is 2. The van der Waals surface area contributed by atoms with Crippen LogP contribution in [0.15, 0.2) is 42.5 Å². The predicted octanol–water partition coefficient (Wildman–Crippen LogP) is 1.99. The maximum absolute atomic E-state index is 5.80. The molecule has 1 aliphatic carbocycles. The third-order valence-electron chi connectivity index (χ3n) is 2.88. The van der Waals surface area contributed by atoms with E-state index >= 15 is 0 Å². The molecule has 15 heavy (non-hydrogen) atoms. The van der Waals surface area contributed by atoms with Crippen LogP contribution in [0.2, 0.25) is 0 Å². The lowest BCUT2D eigenvalue weighted by molar-refractivity contribution is 0.453. The van der Waals surface area contributed by atoms with E-state index in [0.29, 0.717) is 12.6 Å². The summed E-state index contributed by atoms with van der Waals surface area (Å²) in [5, 5.41) is 3.59. The normalized spacial score (nSPS) is 18.2. The zero-order valence-corrected chi connectivity index (χ0v) is 8.89. The molecule has 0 saturated heterocycles. The minimum Gasteiger partial charge on any atom is -0.329 e. The van der Waals surface area contributed by atoms with Gasteiger partial charge in [-0.15, -0.1) is 0 Å². The van der Waals surface area contributed by atoms with Crippen LogP contribution in [-0.2, 0) is 0 Å². The number of hydrogen-bond acceptors (Lipinski definition) is 2. The lowest BCUT2D eigenvalue weighted by Gasteiger charge is -2.21. The average molecular weight is 202 g/mol. The Bertz CT molecular complexity index is 311. The number of nitrogens with two attached hydrogens (primary N) is 1. The monoisotopic (exact) mass is 202 g/mol. The smallest absolute Gasteiger partial charge is 0.0446 e. The second-order valence-corrected chi connectivity index (χ2v) is 4.01. The highest BCUT2D eigenvalue weighted by atomic mass is 15.0. The first kappa shape index (κ1) is 10.4. The van der Waals surface area contributed by atoms with Gasteiger partial charge in [0.15, 0.2) is 0 Å². The van der Waals surface area contributed by atoms with Crippen LogP contribution in [0.5, 0.6) is 0 Å². The van der Waals surface area contributed by atoms with Crippen LogP contribution in [-0.4, -0.2) is 12.6 Å². The maximum atomic E-state index is 5.80. The fourth-order valence-electron chi connectivity index (χ4n) is 2.02. The quantitative estimate of drug-likeness (QED) is 0.733. The van der Waals surface area contributed by atoms with Gasteiger partial charge in [-0.05, 0) is 18.4 Å². The van der Waals surface area contributed by atoms with Crippen LogP contribution in [0.3, 0.4) is 0 Å². The van der Waals surface area contributed by atoms with E-state index in [9.17, 15) is 0 Å². The Kier molecular flexibility index (Phi) is 3.54. The van der Waals surface area contributed by atoms with Gasteiger partial charge in [0.2, 0.25) is 0 Å². The van der Waals surface area contributed by atoms with E-state index in [4.69, 9.17) is 5.73 Å². The summed E-state index contributed by atoms with van der Waals surface area (Å²) in [4.78, 5) is 0. The second-order valence-electron chi connectivity index (χ2n) is 4.01. The predicted molar refractivity (Wildman–Crippen MR) is 63.5 cm³/mol. The topological polar surface area (TPSA) is 38.0 Å². The van der Waals surface area contributed by atoms with Gasteiger partial charge in [-0.1, -0.05) is 42.5 Å². The molecule has 0 aliphatic heterocycles. The largest absolute Gasteiger partial charge is 0.329 e. The van der Waals surface area contributed by atoms with Gasteiger partial charge in [0.05, 0.1) is 0 Å². The fraction of sp³-hybridized carbons (Fsp3) is 0.385. The molecule has 1 aromatic rings. The molecule has 0 bridgehead atoms. The molecule has 0 fully saturated rings. The molecular weight excluding hydrogens is 184 g/mol. The van der Waals surface area contributed by atoms with E-state index in [1.54, 1.807) is 0 Å². The Hall–Kier alpha value is -1.12. The fourth-order valence-corrected chi connectivity index (χ4v) is 2.02. The van der Waals surface area contributed by atoms with E-state index < -0.39 is 0 Å². The number of benzene rings is 1. The third-order valence-corrected chi connectivity index (χ3v) is 2.88. The number of rotatable bonds is 4. The first-order valence-corrected chi connectivity index (χ1v) is 5.56. The summed E-state index contributed by atoms with van der Waals surface area (Å²) >= 11 is 0. The van der Waals surface area contributed by atoms with Gasteiger partial charge in [-0.2, -0.15) is 0 Å². The van der Waals surface area contributed by atoms with Gasteiger partial charge in [0.1, 0.15) is 0 Å². The zero-order chi connectivity index (χ0) is 10.5. The van der Waals surface area contributed by atoms with E-state index in [1.165, 1.54) is 5.56 Å². The molecule has 80 valence electrons. The van der Waals surface area contributed by atoms with E-state index in [-0.39, 0.29) is 6.04 Å². The van der Waals surface area contributed by atoms with Gasteiger partial charge < -0.3 is 11.1 Å². The van der Waals surface area contributed by atoms with Gasteiger partial charge in [0.25, 0.3) is 0 Å². The van der Waals surface area contributed by atoms with Crippen molar-refractivity contribution in [2.45, 2.75) is 24.9 Å². The molecule has 1 atom stereocenters. The van der Waals surface area contributed by atoms with E-state index in [1.807, 2.05) is 6.07 Å². The summed E-state index contributed by atoms with van der Waals surface area (Å²) in [6, 6.07) is 11.3. The molecule has 0 radical (unpaired) electrons. The molecule has 0 aromatic heterocycles. The number of nitrogens with one attached hydrogen (secondary N) is 1. The summed E-state index contributed by atoms with van der Waals surface area (Å²) in [7, 11) is 0. The molecular formula is C13H18N2. The molecule has 1 unspecified atom stereocenters. The maximum Gasteiger partial charge on any atom is 0.0446 e. The van der Waals surface area contributed by atoms with Crippen LogP contribution in [0, 0.1) is 0 Å². The molecule has 0 spiro atoms. The Morgan fingerprint density at radius 2 is 1.87 bits per heavy atom. The van der Waals surface area contributed by atoms with Crippen LogP contribution >= 0.6 is 0 Å². The highest BCUT2D eigenvalue weighted by molar-refractivity contribution is 5.19. The average Bonchev–Trinajstić information content (AvgIpc) is 2.80. The van der Waals surface area contributed by atoms with Crippen LogP contribution in [0.1, 0.15) is 24.4 Å². The van der Waals surface area contributed by atoms with Crippen molar-refractivity contribution >= 4 is 0 Å². The molecule has 0 saturated carbocycles. The lowest BCUT2D eigenvalue weighted by atomic mass is 10.1. The minimum absolute atomic E-state index is 0.288. The SMILES string of the molecule is NCC(NC1CC=CC1)c1ccccc1. The van der Waals surface area contributed by atoms with Crippen molar-refractivity contribution in [1.82, 2.24) is 5.32 Å². The summed E-state index contributed by atoms with van der Waals surface area (Å²) in [6.45, 7) is 0.653. The molecule has 0 heterocycles. The van der Waals surface area contributed by atoms with Crippen molar-refractivity contribution in [2.75, 3.05) is 6.54 Å². The molecule has 3 N–H and O–H groups in total. The van der Waals surface area contributed by atoms with Crippen molar-refractivity contribution in [3.63, 3.8) is 0 Å². The summed E-state index contributed by atoms with van der Waals surface area (Å²) < 4.78 is 0. The first-order chi connectivity index (χ1) is 7.40. The molecule has 2 rings (SSSR count). The highest BCUT2D eigenvalue weighted by Gasteiger charge is 2.15. The van der Waals surface area contributed by atoms with Crippen LogP contribution in [0.25, 0.3) is 0 Å². The van der Waals surface area contributed by atoms with Crippen molar-refractivity contribution in [2.24, 2.45) is 5.73 Å². The lowest BCUT2D eigenvalue weighted by Crippen LogP contribution is -2.35. The highest BCUT2D eigenvalue weighted by Crippen LogP contribution is 2.16. The van der Waals surface area contributed by atoms with Gasteiger partial charge in [-0.3, -0.25) is 0 Å². The van der Waals surface area contributed by atoms with E-state index in [2.05, 4.69) is 41.7 Å². The summed E-state index contributed by atoms with van der Waals surface area (Å²) in [5.74, 6) is 0. The van der Waals surface area contributed by atoms with Crippen LogP contribution in [0.4, 0.5) is 0 Å². The molecule has 2 nitrogen and oxygen atoms in total. The summed E-state index contributed by atoms with van der Waals surface area (Å²) in [5.41, 5.74) is 7.08. The Balaban J connectivity index is 1.98. The van der Waals surface area contributed by atoms with E-state index in [0.717, 1.165) is 12.8 Å².